The van der Waals surface area contributed by atoms with Crippen molar-refractivity contribution in [2.24, 2.45) is 17.3 Å². The lowest BCUT2D eigenvalue weighted by atomic mass is 9.68. The summed E-state index contributed by atoms with van der Waals surface area (Å²) >= 11 is 0. The number of allylic oxidation sites excluding steroid dienone is 2. The van der Waals surface area contributed by atoms with Gasteiger partial charge in [0.2, 0.25) is 0 Å². The van der Waals surface area contributed by atoms with Gasteiger partial charge in [0.05, 0.1) is 11.5 Å². The van der Waals surface area contributed by atoms with Crippen molar-refractivity contribution in [3.05, 3.63) is 11.6 Å². The van der Waals surface area contributed by atoms with E-state index < -0.39 is 0 Å². The molecule has 0 saturated carbocycles. The van der Waals surface area contributed by atoms with Crippen LogP contribution in [0.2, 0.25) is 0 Å². The molecule has 0 aliphatic heterocycles. The largest absolute Gasteiger partial charge is 0.197 e. The van der Waals surface area contributed by atoms with Crippen LogP contribution >= 0.6 is 0 Å². The summed E-state index contributed by atoms with van der Waals surface area (Å²) < 4.78 is 0. The Balaban J connectivity index is 2.98. The minimum absolute atomic E-state index is 0.202. The lowest BCUT2D eigenvalue weighted by molar-refractivity contribution is 0.298. The van der Waals surface area contributed by atoms with Crippen molar-refractivity contribution in [1.29, 1.82) is 5.26 Å². The molecule has 0 heterocycles. The quantitative estimate of drug-likeness (QED) is 0.503. The molecule has 0 aromatic carbocycles. The van der Waals surface area contributed by atoms with Gasteiger partial charge in [-0.15, -0.1) is 0 Å². The summed E-state index contributed by atoms with van der Waals surface area (Å²) in [5.41, 5.74) is 1.04. The fourth-order valence-electron chi connectivity index (χ4n) is 1.87. The number of hydrogen-bond donors (Lipinski definition) is 0. The zero-order valence-corrected chi connectivity index (χ0v) is 8.39. The molecule has 1 heteroatoms. The number of nitriles is 1. The Morgan fingerprint density at radius 2 is 2.17 bits per heavy atom. The summed E-state index contributed by atoms with van der Waals surface area (Å²) in [4.78, 5) is 0. The van der Waals surface area contributed by atoms with Gasteiger partial charge in [0, 0.05) is 0 Å². The average molecular weight is 163 g/mol. The minimum Gasteiger partial charge on any atom is -0.197 e. The van der Waals surface area contributed by atoms with Gasteiger partial charge in [-0.2, -0.15) is 5.26 Å². The predicted molar refractivity (Wildman–Crippen MR) is 50.4 cm³/mol. The molecule has 66 valence electrons. The van der Waals surface area contributed by atoms with Crippen molar-refractivity contribution in [3.8, 4) is 6.07 Å². The molecular weight excluding hydrogens is 146 g/mol. The second-order valence-corrected chi connectivity index (χ2v) is 4.33. The number of rotatable bonds is 0. The van der Waals surface area contributed by atoms with Gasteiger partial charge >= 0.3 is 0 Å². The van der Waals surface area contributed by atoms with Crippen molar-refractivity contribution >= 4 is 0 Å². The lowest BCUT2D eigenvalue weighted by Crippen LogP contribution is -2.27. The Bertz CT molecular complexity index is 246. The Morgan fingerprint density at radius 3 is 2.67 bits per heavy atom. The van der Waals surface area contributed by atoms with E-state index in [1.807, 2.05) is 6.92 Å². The van der Waals surface area contributed by atoms with E-state index in [1.165, 1.54) is 5.57 Å². The van der Waals surface area contributed by atoms with Crippen LogP contribution in [0.5, 0.6) is 0 Å². The summed E-state index contributed by atoms with van der Waals surface area (Å²) in [6, 6.07) is 2.41. The normalized spacial score (nSPS) is 41.8. The van der Waals surface area contributed by atoms with Gasteiger partial charge in [0.25, 0.3) is 0 Å². The van der Waals surface area contributed by atoms with Gasteiger partial charge in [-0.1, -0.05) is 25.5 Å². The first kappa shape index (κ1) is 9.32. The second-order valence-electron chi connectivity index (χ2n) is 4.33. The Kier molecular flexibility index (Phi) is 2.28. The van der Waals surface area contributed by atoms with Crippen molar-refractivity contribution in [1.82, 2.24) is 0 Å². The molecule has 0 bridgehead atoms. The van der Waals surface area contributed by atoms with Crippen LogP contribution in [0, 0.1) is 28.6 Å². The standard InChI is InChI=1S/C11H17N/c1-8-5-10(3)11(4,7-12)6-9(8)2/h5,8-9H,6H2,1-4H3. The highest BCUT2D eigenvalue weighted by Crippen LogP contribution is 2.41. The maximum Gasteiger partial charge on any atom is 0.0754 e. The molecule has 0 fully saturated rings. The molecule has 0 N–H and O–H groups in total. The van der Waals surface area contributed by atoms with Crippen LogP contribution in [0.1, 0.15) is 34.1 Å². The molecule has 1 rings (SSSR count). The SMILES string of the molecule is CC1=CC(C)C(C)CC1(C)C#N. The zero-order valence-electron chi connectivity index (χ0n) is 8.39. The van der Waals surface area contributed by atoms with E-state index in [1.54, 1.807) is 0 Å². The Morgan fingerprint density at radius 1 is 1.58 bits per heavy atom. The summed E-state index contributed by atoms with van der Waals surface area (Å²) in [6.45, 7) is 8.57. The zero-order chi connectivity index (χ0) is 9.35. The van der Waals surface area contributed by atoms with Gasteiger partial charge < -0.3 is 0 Å². The fraction of sp³-hybridized carbons (Fsp3) is 0.727. The van der Waals surface area contributed by atoms with E-state index >= 15 is 0 Å². The van der Waals surface area contributed by atoms with Crippen LogP contribution in [-0.4, -0.2) is 0 Å². The van der Waals surface area contributed by atoms with Crippen LogP contribution in [0.15, 0.2) is 11.6 Å². The van der Waals surface area contributed by atoms with E-state index in [4.69, 9.17) is 5.26 Å². The van der Waals surface area contributed by atoms with Gasteiger partial charge in [-0.05, 0) is 32.1 Å². The van der Waals surface area contributed by atoms with Crippen LogP contribution in [-0.2, 0) is 0 Å². The molecule has 0 radical (unpaired) electrons. The van der Waals surface area contributed by atoms with Crippen LogP contribution in [0.3, 0.4) is 0 Å². The van der Waals surface area contributed by atoms with Crippen LogP contribution in [0.25, 0.3) is 0 Å². The number of nitrogens with zero attached hydrogens (tertiary/aromatic N) is 1. The van der Waals surface area contributed by atoms with Gasteiger partial charge in [-0.3, -0.25) is 0 Å². The lowest BCUT2D eigenvalue weighted by Gasteiger charge is -2.34. The van der Waals surface area contributed by atoms with Crippen LogP contribution in [0.4, 0.5) is 0 Å². The third-order valence-electron chi connectivity index (χ3n) is 3.26. The first-order valence-corrected chi connectivity index (χ1v) is 4.60. The smallest absolute Gasteiger partial charge is 0.0754 e. The van der Waals surface area contributed by atoms with E-state index in [2.05, 4.69) is 32.9 Å². The molecule has 3 atom stereocenters. The maximum atomic E-state index is 9.03. The maximum absolute atomic E-state index is 9.03. The van der Waals surface area contributed by atoms with E-state index in [-0.39, 0.29) is 5.41 Å². The highest BCUT2D eigenvalue weighted by molar-refractivity contribution is 5.24. The minimum atomic E-state index is -0.202. The third kappa shape index (κ3) is 1.39. The van der Waals surface area contributed by atoms with Crippen molar-refractivity contribution in [2.45, 2.75) is 34.1 Å². The first-order valence-electron chi connectivity index (χ1n) is 4.60. The summed E-state index contributed by atoms with van der Waals surface area (Å²) in [5.74, 6) is 1.27. The number of hydrogen-bond acceptors (Lipinski definition) is 1. The molecule has 0 spiro atoms. The molecule has 1 aliphatic rings. The highest BCUT2D eigenvalue weighted by Gasteiger charge is 2.33. The van der Waals surface area contributed by atoms with Gasteiger partial charge in [-0.25, -0.2) is 0 Å². The molecular formula is C11H17N. The van der Waals surface area contributed by atoms with Crippen LogP contribution < -0.4 is 0 Å². The topological polar surface area (TPSA) is 23.8 Å². The van der Waals surface area contributed by atoms with Crippen molar-refractivity contribution in [3.63, 3.8) is 0 Å². The van der Waals surface area contributed by atoms with Gasteiger partial charge in [0.15, 0.2) is 0 Å². The van der Waals surface area contributed by atoms with E-state index in [9.17, 15) is 0 Å². The molecule has 0 aromatic heterocycles. The molecule has 1 nitrogen and oxygen atoms in total. The van der Waals surface area contributed by atoms with E-state index in [0.717, 1.165) is 6.42 Å². The molecule has 0 aromatic rings. The fourth-order valence-corrected chi connectivity index (χ4v) is 1.87. The Labute approximate surface area is 75.1 Å². The highest BCUT2D eigenvalue weighted by atomic mass is 14.4. The molecule has 3 unspecified atom stereocenters. The predicted octanol–water partition coefficient (Wildman–Crippen LogP) is 3.14. The molecule has 0 saturated heterocycles. The summed E-state index contributed by atoms with van der Waals surface area (Å²) in [7, 11) is 0. The van der Waals surface area contributed by atoms with Crippen molar-refractivity contribution in [2.75, 3.05) is 0 Å². The summed E-state index contributed by atoms with van der Waals surface area (Å²) in [5, 5.41) is 9.03. The van der Waals surface area contributed by atoms with Gasteiger partial charge in [0.1, 0.15) is 0 Å². The molecule has 12 heavy (non-hydrogen) atoms. The average Bonchev–Trinajstić information content (AvgIpc) is 2.01. The van der Waals surface area contributed by atoms with E-state index in [0.29, 0.717) is 11.8 Å². The second kappa shape index (κ2) is 2.94. The summed E-state index contributed by atoms with van der Waals surface area (Å²) in [6.07, 6.45) is 3.25. The monoisotopic (exact) mass is 163 g/mol. The third-order valence-corrected chi connectivity index (χ3v) is 3.26. The first-order chi connectivity index (χ1) is 5.49. The van der Waals surface area contributed by atoms with Crippen molar-refractivity contribution < 1.29 is 0 Å². The Hall–Kier alpha value is -0.770. The molecule has 0 amide bonds. The molecule has 1 aliphatic carbocycles.